The number of nitrogens with one attached hydrogen (secondary N) is 1. The molecule has 0 unspecified atom stereocenters. The van der Waals surface area contributed by atoms with Gasteiger partial charge in [0.25, 0.3) is 0 Å². The van der Waals surface area contributed by atoms with Crippen LogP contribution in [0.5, 0.6) is 11.5 Å². The van der Waals surface area contributed by atoms with Crippen LogP contribution in [0.15, 0.2) is 36.4 Å². The van der Waals surface area contributed by atoms with Gasteiger partial charge in [0.1, 0.15) is 6.61 Å². The van der Waals surface area contributed by atoms with E-state index in [0.29, 0.717) is 47.2 Å². The Balaban J connectivity index is 1.71. The van der Waals surface area contributed by atoms with Gasteiger partial charge in [0, 0.05) is 28.7 Å². The van der Waals surface area contributed by atoms with Gasteiger partial charge in [0.15, 0.2) is 11.5 Å². The van der Waals surface area contributed by atoms with E-state index in [2.05, 4.69) is 20.8 Å². The fraction of sp³-hybridized carbons (Fsp3) is 0.316. The van der Waals surface area contributed by atoms with Gasteiger partial charge in [0.2, 0.25) is 5.95 Å². The molecule has 9 heteroatoms. The zero-order valence-corrected chi connectivity index (χ0v) is 17.2. The molecule has 3 rings (SSSR count). The van der Waals surface area contributed by atoms with E-state index in [1.807, 2.05) is 32.0 Å². The van der Waals surface area contributed by atoms with Gasteiger partial charge in [-0.15, -0.1) is 0 Å². The minimum absolute atomic E-state index is 0.251. The van der Waals surface area contributed by atoms with Crippen molar-refractivity contribution < 1.29 is 9.47 Å². The maximum atomic E-state index is 6.21. The van der Waals surface area contributed by atoms with E-state index in [0.717, 1.165) is 11.1 Å². The van der Waals surface area contributed by atoms with Crippen LogP contribution in [0.4, 0.5) is 5.95 Å². The number of aromatic nitrogens is 4. The molecule has 1 heterocycles. The Morgan fingerprint density at radius 2 is 1.82 bits per heavy atom. The molecule has 148 valence electrons. The van der Waals surface area contributed by atoms with E-state index in [-0.39, 0.29) is 6.61 Å². The number of hydrogen-bond acceptors (Lipinski definition) is 6. The topological polar surface area (TPSA) is 74.1 Å². The molecule has 7 nitrogen and oxygen atoms in total. The first kappa shape index (κ1) is 20.2. The van der Waals surface area contributed by atoms with Gasteiger partial charge in [-0.05, 0) is 54.1 Å². The molecule has 0 bridgehead atoms. The van der Waals surface area contributed by atoms with Crippen molar-refractivity contribution >= 4 is 29.2 Å². The lowest BCUT2D eigenvalue weighted by atomic mass is 10.2. The van der Waals surface area contributed by atoms with Crippen molar-refractivity contribution in [1.29, 1.82) is 0 Å². The summed E-state index contributed by atoms with van der Waals surface area (Å²) in [6.07, 6.45) is 0. The van der Waals surface area contributed by atoms with Crippen LogP contribution in [-0.4, -0.2) is 26.8 Å². The smallest absolute Gasteiger partial charge is 0.243 e. The third kappa shape index (κ3) is 4.85. The summed E-state index contributed by atoms with van der Waals surface area (Å²) < 4.78 is 13.4. The molecule has 1 aromatic heterocycles. The fourth-order valence-electron chi connectivity index (χ4n) is 2.60. The maximum absolute atomic E-state index is 6.21. The van der Waals surface area contributed by atoms with E-state index in [1.54, 1.807) is 22.9 Å². The second kappa shape index (κ2) is 9.61. The number of rotatable bonds is 9. The molecule has 3 aromatic rings. The lowest BCUT2D eigenvalue weighted by Gasteiger charge is -2.15. The van der Waals surface area contributed by atoms with Gasteiger partial charge in [-0.1, -0.05) is 40.4 Å². The molecule has 0 spiro atoms. The van der Waals surface area contributed by atoms with E-state index < -0.39 is 0 Å². The number of tetrazole rings is 1. The van der Waals surface area contributed by atoms with Crippen LogP contribution in [-0.2, 0) is 19.7 Å². The Kier molecular flexibility index (Phi) is 6.95. The van der Waals surface area contributed by atoms with Gasteiger partial charge in [0.05, 0.1) is 6.61 Å². The molecule has 28 heavy (non-hydrogen) atoms. The first-order chi connectivity index (χ1) is 13.6. The molecule has 0 atom stereocenters. The SMILES string of the molecule is CCOc1cc(CNc2nnnn2CC)ccc1OCc1c(Cl)cccc1Cl. The van der Waals surface area contributed by atoms with Crippen molar-refractivity contribution in [2.75, 3.05) is 11.9 Å². The van der Waals surface area contributed by atoms with Crippen LogP contribution in [0.2, 0.25) is 10.0 Å². The largest absolute Gasteiger partial charge is 0.490 e. The summed E-state index contributed by atoms with van der Waals surface area (Å²) in [5.41, 5.74) is 1.75. The molecular weight excluding hydrogens is 401 g/mol. The monoisotopic (exact) mass is 421 g/mol. The standard InChI is InChI=1S/C19H21Cl2N5O2/c1-3-26-19(23-24-25-26)22-11-13-8-9-17(18(10-13)27-4-2)28-12-14-15(20)6-5-7-16(14)21/h5-10H,3-4,11-12H2,1-2H3,(H,22,23,25). The van der Waals surface area contributed by atoms with Gasteiger partial charge in [-0.2, -0.15) is 0 Å². The van der Waals surface area contributed by atoms with Crippen LogP contribution in [0.3, 0.4) is 0 Å². The van der Waals surface area contributed by atoms with Crippen molar-refractivity contribution in [2.45, 2.75) is 33.5 Å². The lowest BCUT2D eigenvalue weighted by molar-refractivity contribution is 0.269. The molecule has 0 aliphatic carbocycles. The van der Waals surface area contributed by atoms with Crippen molar-refractivity contribution in [2.24, 2.45) is 0 Å². The highest BCUT2D eigenvalue weighted by molar-refractivity contribution is 6.35. The number of aryl methyl sites for hydroxylation is 1. The quantitative estimate of drug-likeness (QED) is 0.544. The molecular formula is C19H21Cl2N5O2. The molecule has 0 amide bonds. The second-order valence-corrected chi connectivity index (χ2v) is 6.69. The highest BCUT2D eigenvalue weighted by Crippen LogP contribution is 2.31. The van der Waals surface area contributed by atoms with Gasteiger partial charge in [-0.25, -0.2) is 4.68 Å². The summed E-state index contributed by atoms with van der Waals surface area (Å²) in [5.74, 6) is 1.90. The summed E-state index contributed by atoms with van der Waals surface area (Å²) in [6, 6.07) is 11.1. The first-order valence-electron chi connectivity index (χ1n) is 8.93. The van der Waals surface area contributed by atoms with Gasteiger partial charge >= 0.3 is 0 Å². The minimum Gasteiger partial charge on any atom is -0.490 e. The van der Waals surface area contributed by atoms with Crippen LogP contribution in [0.25, 0.3) is 0 Å². The third-order valence-electron chi connectivity index (χ3n) is 4.02. The molecule has 1 N–H and O–H groups in total. The number of hydrogen-bond donors (Lipinski definition) is 1. The number of benzene rings is 2. The van der Waals surface area contributed by atoms with Crippen LogP contribution < -0.4 is 14.8 Å². The number of halogens is 2. The number of ether oxygens (including phenoxy) is 2. The third-order valence-corrected chi connectivity index (χ3v) is 4.73. The summed E-state index contributed by atoms with van der Waals surface area (Å²) in [7, 11) is 0. The Morgan fingerprint density at radius 3 is 2.54 bits per heavy atom. The van der Waals surface area contributed by atoms with E-state index >= 15 is 0 Å². The Morgan fingerprint density at radius 1 is 1.04 bits per heavy atom. The average molecular weight is 422 g/mol. The van der Waals surface area contributed by atoms with Gasteiger partial charge in [-0.3, -0.25) is 0 Å². The summed E-state index contributed by atoms with van der Waals surface area (Å²) in [4.78, 5) is 0. The molecule has 0 saturated carbocycles. The molecule has 2 aromatic carbocycles. The highest BCUT2D eigenvalue weighted by Gasteiger charge is 2.11. The summed E-state index contributed by atoms with van der Waals surface area (Å²) >= 11 is 12.4. The maximum Gasteiger partial charge on any atom is 0.243 e. The fourth-order valence-corrected chi connectivity index (χ4v) is 3.10. The predicted octanol–water partition coefficient (Wildman–Crippen LogP) is 4.59. The highest BCUT2D eigenvalue weighted by atomic mass is 35.5. The molecule has 0 saturated heterocycles. The van der Waals surface area contributed by atoms with Crippen LogP contribution in [0.1, 0.15) is 25.0 Å². The Bertz CT molecular complexity index is 912. The Hall–Kier alpha value is -2.51. The van der Waals surface area contributed by atoms with Gasteiger partial charge < -0.3 is 14.8 Å². The van der Waals surface area contributed by atoms with E-state index in [4.69, 9.17) is 32.7 Å². The molecule has 0 aliphatic heterocycles. The Labute approximate surface area is 173 Å². The second-order valence-electron chi connectivity index (χ2n) is 5.87. The number of nitrogens with zero attached hydrogens (tertiary/aromatic N) is 4. The van der Waals surface area contributed by atoms with E-state index in [1.165, 1.54) is 0 Å². The lowest BCUT2D eigenvalue weighted by Crippen LogP contribution is -2.08. The summed E-state index contributed by atoms with van der Waals surface area (Å²) in [6.45, 7) is 5.92. The summed E-state index contributed by atoms with van der Waals surface area (Å²) in [5, 5.41) is 15.9. The van der Waals surface area contributed by atoms with Crippen molar-refractivity contribution in [3.8, 4) is 11.5 Å². The zero-order chi connectivity index (χ0) is 19.9. The molecule has 0 radical (unpaired) electrons. The van der Waals surface area contributed by atoms with E-state index in [9.17, 15) is 0 Å². The first-order valence-corrected chi connectivity index (χ1v) is 9.69. The molecule has 0 aliphatic rings. The zero-order valence-electron chi connectivity index (χ0n) is 15.7. The van der Waals surface area contributed by atoms with Crippen molar-refractivity contribution in [3.63, 3.8) is 0 Å². The minimum atomic E-state index is 0.251. The number of anilines is 1. The molecule has 0 fully saturated rings. The normalized spacial score (nSPS) is 10.7. The van der Waals surface area contributed by atoms with Crippen molar-refractivity contribution in [3.05, 3.63) is 57.6 Å². The van der Waals surface area contributed by atoms with Crippen LogP contribution >= 0.6 is 23.2 Å². The van der Waals surface area contributed by atoms with Crippen molar-refractivity contribution in [1.82, 2.24) is 20.2 Å². The average Bonchev–Trinajstić information content (AvgIpc) is 3.15. The van der Waals surface area contributed by atoms with Crippen LogP contribution in [0, 0.1) is 0 Å². The predicted molar refractivity (Wildman–Crippen MR) is 109 cm³/mol.